The van der Waals surface area contributed by atoms with Gasteiger partial charge in [0.15, 0.2) is 0 Å². The van der Waals surface area contributed by atoms with Crippen molar-refractivity contribution in [1.29, 1.82) is 0 Å². The Morgan fingerprint density at radius 1 is 1.00 bits per heavy atom. The SMILES string of the molecule is O=C([O-])C1CCCCCCC1.[Na+]. The van der Waals surface area contributed by atoms with Crippen molar-refractivity contribution in [2.75, 3.05) is 0 Å². The Morgan fingerprint density at radius 3 is 1.83 bits per heavy atom. The van der Waals surface area contributed by atoms with Crippen molar-refractivity contribution in [1.82, 2.24) is 0 Å². The molecule has 1 saturated carbocycles. The second kappa shape index (κ2) is 6.93. The topological polar surface area (TPSA) is 40.1 Å². The molecule has 0 saturated heterocycles. The molecule has 0 aromatic heterocycles. The number of rotatable bonds is 1. The van der Waals surface area contributed by atoms with Gasteiger partial charge in [0.05, 0.1) is 0 Å². The molecule has 0 radical (unpaired) electrons. The molecule has 0 aromatic carbocycles. The van der Waals surface area contributed by atoms with Crippen LogP contribution in [0.1, 0.15) is 44.9 Å². The summed E-state index contributed by atoms with van der Waals surface area (Å²) in [5, 5.41) is 10.5. The van der Waals surface area contributed by atoms with E-state index in [0.29, 0.717) is 0 Å². The summed E-state index contributed by atoms with van der Waals surface area (Å²) in [5.74, 6) is -0.998. The van der Waals surface area contributed by atoms with E-state index in [9.17, 15) is 9.90 Å². The third-order valence-electron chi connectivity index (χ3n) is 2.44. The first kappa shape index (κ1) is 12.5. The average Bonchev–Trinajstić information content (AvgIpc) is 1.84. The summed E-state index contributed by atoms with van der Waals surface area (Å²) in [6.45, 7) is 0. The van der Waals surface area contributed by atoms with E-state index in [-0.39, 0.29) is 35.5 Å². The van der Waals surface area contributed by atoms with Gasteiger partial charge in [-0.15, -0.1) is 0 Å². The minimum atomic E-state index is -0.841. The summed E-state index contributed by atoms with van der Waals surface area (Å²) in [5.41, 5.74) is 0. The van der Waals surface area contributed by atoms with E-state index in [0.717, 1.165) is 25.7 Å². The van der Waals surface area contributed by atoms with Gasteiger partial charge in [0.1, 0.15) is 0 Å². The van der Waals surface area contributed by atoms with Gasteiger partial charge in [0.25, 0.3) is 0 Å². The molecule has 0 atom stereocenters. The van der Waals surface area contributed by atoms with Gasteiger partial charge in [-0.1, -0.05) is 32.1 Å². The van der Waals surface area contributed by atoms with Crippen LogP contribution in [0.4, 0.5) is 0 Å². The second-order valence-corrected chi connectivity index (χ2v) is 3.36. The standard InChI is InChI=1S/C9H16O2.Na/c10-9(11)8-6-4-2-1-3-5-7-8;/h8H,1-7H2,(H,10,11);/q;+1/p-1. The molecular formula is C9H15NaO2. The Labute approximate surface area is 96.0 Å². The Kier molecular flexibility index (Phi) is 7.20. The van der Waals surface area contributed by atoms with Gasteiger partial charge in [-0.25, -0.2) is 0 Å². The number of hydrogen-bond acceptors (Lipinski definition) is 2. The number of hydrogen-bond donors (Lipinski definition) is 0. The zero-order valence-corrected chi connectivity index (χ0v) is 9.84. The Bertz CT molecular complexity index is 128. The van der Waals surface area contributed by atoms with Crippen molar-refractivity contribution in [2.45, 2.75) is 44.9 Å². The van der Waals surface area contributed by atoms with Crippen LogP contribution in [0, 0.1) is 5.92 Å². The monoisotopic (exact) mass is 178 g/mol. The quantitative estimate of drug-likeness (QED) is 0.440. The third-order valence-corrected chi connectivity index (χ3v) is 2.44. The summed E-state index contributed by atoms with van der Waals surface area (Å²) in [6, 6.07) is 0. The van der Waals surface area contributed by atoms with E-state index >= 15 is 0 Å². The van der Waals surface area contributed by atoms with Gasteiger partial charge in [-0.05, 0) is 18.8 Å². The van der Waals surface area contributed by atoms with Crippen molar-refractivity contribution < 1.29 is 39.5 Å². The van der Waals surface area contributed by atoms with Crippen molar-refractivity contribution in [3.8, 4) is 0 Å². The molecule has 1 fully saturated rings. The van der Waals surface area contributed by atoms with Crippen molar-refractivity contribution >= 4 is 5.97 Å². The maximum atomic E-state index is 10.5. The van der Waals surface area contributed by atoms with Crippen LogP contribution in [-0.4, -0.2) is 5.97 Å². The second-order valence-electron chi connectivity index (χ2n) is 3.36. The normalized spacial score (nSPS) is 20.3. The number of carbonyl (C=O) groups is 1. The molecule has 0 aliphatic heterocycles. The van der Waals surface area contributed by atoms with Gasteiger partial charge >= 0.3 is 29.6 Å². The van der Waals surface area contributed by atoms with Crippen LogP contribution in [0.5, 0.6) is 0 Å². The Morgan fingerprint density at radius 2 is 1.42 bits per heavy atom. The molecule has 0 bridgehead atoms. The molecule has 1 aliphatic carbocycles. The number of carboxylic acid groups (broad SMARTS) is 1. The van der Waals surface area contributed by atoms with Crippen LogP contribution in [-0.2, 0) is 4.79 Å². The van der Waals surface area contributed by atoms with Crippen LogP contribution >= 0.6 is 0 Å². The molecule has 2 nitrogen and oxygen atoms in total. The average molecular weight is 178 g/mol. The van der Waals surface area contributed by atoms with Gasteiger partial charge in [0.2, 0.25) is 0 Å². The molecule has 0 amide bonds. The van der Waals surface area contributed by atoms with Gasteiger partial charge in [-0.3, -0.25) is 0 Å². The number of aliphatic carboxylic acids is 1. The van der Waals surface area contributed by atoms with Crippen molar-refractivity contribution in [3.05, 3.63) is 0 Å². The van der Waals surface area contributed by atoms with Crippen LogP contribution in [0.2, 0.25) is 0 Å². The minimum Gasteiger partial charge on any atom is -0.550 e. The molecule has 3 heteroatoms. The number of carbonyl (C=O) groups excluding carboxylic acids is 1. The summed E-state index contributed by atoms with van der Waals surface area (Å²) in [7, 11) is 0. The largest absolute Gasteiger partial charge is 1.00 e. The Balaban J connectivity index is 0.00000121. The first-order valence-electron chi connectivity index (χ1n) is 4.51. The maximum absolute atomic E-state index is 10.5. The zero-order valence-electron chi connectivity index (χ0n) is 7.84. The third kappa shape index (κ3) is 4.48. The van der Waals surface area contributed by atoms with Crippen LogP contribution in [0.3, 0.4) is 0 Å². The van der Waals surface area contributed by atoms with Gasteiger partial charge in [0, 0.05) is 5.97 Å². The van der Waals surface area contributed by atoms with E-state index in [1.165, 1.54) is 19.3 Å². The van der Waals surface area contributed by atoms with E-state index in [1.807, 2.05) is 0 Å². The maximum Gasteiger partial charge on any atom is 1.00 e. The van der Waals surface area contributed by atoms with Crippen LogP contribution in [0.15, 0.2) is 0 Å². The molecule has 1 rings (SSSR count). The molecule has 1 aliphatic rings. The van der Waals surface area contributed by atoms with Crippen molar-refractivity contribution in [2.24, 2.45) is 5.92 Å². The fraction of sp³-hybridized carbons (Fsp3) is 0.889. The Hall–Kier alpha value is 0.470. The predicted octanol–water partition coefficient (Wildman–Crippen LogP) is -1.90. The van der Waals surface area contributed by atoms with Crippen LogP contribution in [0.25, 0.3) is 0 Å². The first-order valence-corrected chi connectivity index (χ1v) is 4.51. The molecular weight excluding hydrogens is 163 g/mol. The van der Waals surface area contributed by atoms with Gasteiger partial charge < -0.3 is 9.90 Å². The summed E-state index contributed by atoms with van der Waals surface area (Å²) >= 11 is 0. The zero-order chi connectivity index (χ0) is 8.10. The molecule has 0 heterocycles. The summed E-state index contributed by atoms with van der Waals surface area (Å²) in [6.07, 6.45) is 7.48. The number of carboxylic acids is 1. The minimum absolute atomic E-state index is 0. The smallest absolute Gasteiger partial charge is 0.550 e. The fourth-order valence-electron chi connectivity index (χ4n) is 1.69. The van der Waals surface area contributed by atoms with E-state index in [4.69, 9.17) is 0 Å². The molecule has 0 N–H and O–H groups in total. The molecule has 0 aromatic rings. The van der Waals surface area contributed by atoms with Crippen molar-refractivity contribution in [3.63, 3.8) is 0 Å². The molecule has 64 valence electrons. The molecule has 0 unspecified atom stereocenters. The van der Waals surface area contributed by atoms with E-state index < -0.39 is 5.97 Å². The first-order chi connectivity index (χ1) is 5.30. The molecule has 12 heavy (non-hydrogen) atoms. The van der Waals surface area contributed by atoms with E-state index in [1.54, 1.807) is 0 Å². The van der Waals surface area contributed by atoms with Gasteiger partial charge in [-0.2, -0.15) is 0 Å². The fourth-order valence-corrected chi connectivity index (χ4v) is 1.69. The summed E-state index contributed by atoms with van der Waals surface area (Å²) in [4.78, 5) is 10.5. The van der Waals surface area contributed by atoms with Crippen LogP contribution < -0.4 is 34.7 Å². The predicted molar refractivity (Wildman–Crippen MR) is 40.8 cm³/mol. The van der Waals surface area contributed by atoms with E-state index in [2.05, 4.69) is 0 Å². The summed E-state index contributed by atoms with van der Waals surface area (Å²) < 4.78 is 0. The molecule has 0 spiro atoms.